The van der Waals surface area contributed by atoms with Gasteiger partial charge in [-0.15, -0.1) is 0 Å². The van der Waals surface area contributed by atoms with Crippen LogP contribution in [0.1, 0.15) is 17.9 Å². The molecule has 0 bridgehead atoms. The van der Waals surface area contributed by atoms with Crippen molar-refractivity contribution >= 4 is 0 Å². The molecule has 4 rings (SSSR count). The van der Waals surface area contributed by atoms with Crippen molar-refractivity contribution in [2.24, 2.45) is 0 Å². The van der Waals surface area contributed by atoms with Gasteiger partial charge < -0.3 is 14.0 Å². The maximum absolute atomic E-state index is 5.80. The Morgan fingerprint density at radius 1 is 1.22 bits per heavy atom. The van der Waals surface area contributed by atoms with Gasteiger partial charge in [0, 0.05) is 24.8 Å². The molecule has 0 radical (unpaired) electrons. The number of aryl methyl sites for hydroxylation is 1. The number of rotatable bonds is 3. The molecule has 6 nitrogen and oxygen atoms in total. The van der Waals surface area contributed by atoms with Crippen molar-refractivity contribution in [2.75, 3.05) is 26.4 Å². The summed E-state index contributed by atoms with van der Waals surface area (Å²) in [6, 6.07) is 8.53. The number of hydrogen-bond donors (Lipinski definition) is 0. The lowest BCUT2D eigenvalue weighted by atomic mass is 10.0. The van der Waals surface area contributed by atoms with Gasteiger partial charge >= 0.3 is 0 Å². The summed E-state index contributed by atoms with van der Waals surface area (Å²) >= 11 is 0. The third-order valence-corrected chi connectivity index (χ3v) is 4.56. The molecule has 2 fully saturated rings. The molecule has 0 amide bonds. The Balaban J connectivity index is 1.47. The van der Waals surface area contributed by atoms with Crippen LogP contribution >= 0.6 is 0 Å². The molecule has 2 aliphatic rings. The first-order valence-corrected chi connectivity index (χ1v) is 8.12. The zero-order valence-electron chi connectivity index (χ0n) is 13.3. The second-order valence-electron chi connectivity index (χ2n) is 6.19. The molecule has 2 saturated heterocycles. The second-order valence-corrected chi connectivity index (χ2v) is 6.19. The lowest BCUT2D eigenvalue weighted by molar-refractivity contribution is -0.139. The van der Waals surface area contributed by atoms with Crippen LogP contribution in [0, 0.1) is 6.92 Å². The summed E-state index contributed by atoms with van der Waals surface area (Å²) in [5.74, 6) is 1.31. The number of morpholine rings is 1. The molecule has 2 aliphatic heterocycles. The second kappa shape index (κ2) is 6.39. The highest BCUT2D eigenvalue weighted by atomic mass is 16.5. The number of hydrogen-bond acceptors (Lipinski definition) is 6. The molecule has 2 aromatic rings. The quantitative estimate of drug-likeness (QED) is 0.864. The fourth-order valence-corrected chi connectivity index (χ4v) is 3.27. The van der Waals surface area contributed by atoms with Crippen LogP contribution in [0.5, 0.6) is 0 Å². The molecule has 1 aromatic carbocycles. The predicted octanol–water partition coefficient (Wildman–Crippen LogP) is 2.03. The van der Waals surface area contributed by atoms with Crippen LogP contribution in [-0.4, -0.2) is 53.6 Å². The van der Waals surface area contributed by atoms with Gasteiger partial charge in [-0.25, -0.2) is 0 Å². The number of benzene rings is 1. The average molecular weight is 315 g/mol. The smallest absolute Gasteiger partial charge is 0.241 e. The van der Waals surface area contributed by atoms with Gasteiger partial charge in [-0.1, -0.05) is 35.0 Å². The summed E-state index contributed by atoms with van der Waals surface area (Å²) in [4.78, 5) is 6.93. The zero-order valence-corrected chi connectivity index (χ0v) is 13.3. The molecule has 0 N–H and O–H groups in total. The van der Waals surface area contributed by atoms with E-state index < -0.39 is 0 Å². The summed E-state index contributed by atoms with van der Waals surface area (Å²) in [7, 11) is 0. The van der Waals surface area contributed by atoms with Crippen LogP contribution in [0.3, 0.4) is 0 Å². The minimum atomic E-state index is 0.164. The summed E-state index contributed by atoms with van der Waals surface area (Å²) in [6.07, 6.45) is 1.15. The highest BCUT2D eigenvalue weighted by Gasteiger charge is 2.35. The molecule has 1 aromatic heterocycles. The first-order chi connectivity index (χ1) is 11.3. The Labute approximate surface area is 135 Å². The van der Waals surface area contributed by atoms with Crippen molar-refractivity contribution < 1.29 is 14.0 Å². The topological polar surface area (TPSA) is 60.6 Å². The zero-order chi connectivity index (χ0) is 15.6. The van der Waals surface area contributed by atoms with Crippen LogP contribution in [0.25, 0.3) is 11.4 Å². The van der Waals surface area contributed by atoms with E-state index in [1.165, 1.54) is 5.56 Å². The van der Waals surface area contributed by atoms with Crippen molar-refractivity contribution in [1.29, 1.82) is 0 Å². The van der Waals surface area contributed by atoms with Gasteiger partial charge in [0.15, 0.2) is 0 Å². The molecule has 0 spiro atoms. The van der Waals surface area contributed by atoms with Crippen molar-refractivity contribution in [1.82, 2.24) is 15.0 Å². The molecular formula is C17H21N3O3. The highest BCUT2D eigenvalue weighted by Crippen LogP contribution is 2.24. The molecule has 0 aliphatic carbocycles. The molecule has 23 heavy (non-hydrogen) atoms. The first kappa shape index (κ1) is 14.8. The van der Waals surface area contributed by atoms with Gasteiger partial charge in [0.25, 0.3) is 0 Å². The van der Waals surface area contributed by atoms with Crippen LogP contribution in [0.4, 0.5) is 0 Å². The van der Waals surface area contributed by atoms with E-state index in [-0.39, 0.29) is 6.10 Å². The van der Waals surface area contributed by atoms with E-state index in [0.29, 0.717) is 30.9 Å². The highest BCUT2D eigenvalue weighted by molar-refractivity contribution is 5.54. The molecule has 0 unspecified atom stereocenters. The normalized spacial score (nSPS) is 25.3. The molecule has 3 heterocycles. The maximum Gasteiger partial charge on any atom is 0.241 e. The first-order valence-electron chi connectivity index (χ1n) is 8.12. The van der Waals surface area contributed by atoms with Crippen molar-refractivity contribution in [3.05, 3.63) is 35.7 Å². The van der Waals surface area contributed by atoms with E-state index >= 15 is 0 Å². The SMILES string of the molecule is Cc1ccc(-c2noc(CN3CCO[C@@H]4COCC[C@@H]43)n2)cc1. The van der Waals surface area contributed by atoms with Crippen molar-refractivity contribution in [3.63, 3.8) is 0 Å². The summed E-state index contributed by atoms with van der Waals surface area (Å²) in [5, 5.41) is 4.12. The van der Waals surface area contributed by atoms with Crippen LogP contribution < -0.4 is 0 Å². The Bertz CT molecular complexity index is 653. The minimum Gasteiger partial charge on any atom is -0.379 e. The fourth-order valence-electron chi connectivity index (χ4n) is 3.27. The van der Waals surface area contributed by atoms with Gasteiger partial charge in [0.05, 0.1) is 25.9 Å². The lowest BCUT2D eigenvalue weighted by Crippen LogP contribution is -2.55. The van der Waals surface area contributed by atoms with E-state index in [0.717, 1.165) is 31.7 Å². The molecule has 0 saturated carbocycles. The Morgan fingerprint density at radius 2 is 2.09 bits per heavy atom. The monoisotopic (exact) mass is 315 g/mol. The van der Waals surface area contributed by atoms with E-state index in [4.69, 9.17) is 14.0 Å². The van der Waals surface area contributed by atoms with E-state index in [1.807, 2.05) is 12.1 Å². The van der Waals surface area contributed by atoms with Gasteiger partial charge in [-0.2, -0.15) is 4.98 Å². The van der Waals surface area contributed by atoms with Gasteiger partial charge in [-0.05, 0) is 13.3 Å². The standard InChI is InChI=1S/C17H21N3O3/c1-12-2-4-13(5-3-12)17-18-16(23-19-17)10-20-7-9-22-15-11-21-8-6-14(15)20/h2-5,14-15H,6-11H2,1H3/t14-,15+/m0/s1. The lowest BCUT2D eigenvalue weighted by Gasteiger charge is -2.42. The summed E-state index contributed by atoms with van der Waals surface area (Å²) in [6.45, 7) is 5.82. The minimum absolute atomic E-state index is 0.164. The van der Waals surface area contributed by atoms with Gasteiger partial charge in [0.2, 0.25) is 11.7 Å². The third kappa shape index (κ3) is 3.15. The van der Waals surface area contributed by atoms with E-state index in [2.05, 4.69) is 34.1 Å². The molecule has 2 atom stereocenters. The maximum atomic E-state index is 5.80. The number of aromatic nitrogens is 2. The Hall–Kier alpha value is -1.76. The van der Waals surface area contributed by atoms with Crippen LogP contribution in [-0.2, 0) is 16.0 Å². The van der Waals surface area contributed by atoms with Crippen LogP contribution in [0.2, 0.25) is 0 Å². The van der Waals surface area contributed by atoms with Crippen molar-refractivity contribution in [2.45, 2.75) is 32.0 Å². The Morgan fingerprint density at radius 3 is 2.96 bits per heavy atom. The molecule has 122 valence electrons. The largest absolute Gasteiger partial charge is 0.379 e. The third-order valence-electron chi connectivity index (χ3n) is 4.56. The number of ether oxygens (including phenoxy) is 2. The molecule has 6 heteroatoms. The predicted molar refractivity (Wildman–Crippen MR) is 83.8 cm³/mol. The van der Waals surface area contributed by atoms with Gasteiger partial charge in [0.1, 0.15) is 0 Å². The van der Waals surface area contributed by atoms with Crippen LogP contribution in [0.15, 0.2) is 28.8 Å². The number of nitrogens with zero attached hydrogens (tertiary/aromatic N) is 3. The van der Waals surface area contributed by atoms with Gasteiger partial charge in [-0.3, -0.25) is 4.90 Å². The Kier molecular flexibility index (Phi) is 4.11. The number of fused-ring (bicyclic) bond motifs is 1. The van der Waals surface area contributed by atoms with E-state index in [9.17, 15) is 0 Å². The summed E-state index contributed by atoms with van der Waals surface area (Å²) in [5.41, 5.74) is 2.20. The fraction of sp³-hybridized carbons (Fsp3) is 0.529. The average Bonchev–Trinajstić information content (AvgIpc) is 3.04. The van der Waals surface area contributed by atoms with E-state index in [1.54, 1.807) is 0 Å². The van der Waals surface area contributed by atoms with Crippen molar-refractivity contribution in [3.8, 4) is 11.4 Å². The summed E-state index contributed by atoms with van der Waals surface area (Å²) < 4.78 is 16.8. The molecular weight excluding hydrogens is 294 g/mol.